The number of nitrogens with zero attached hydrogens (tertiary/aromatic N) is 2. The summed E-state index contributed by atoms with van der Waals surface area (Å²) in [5, 5.41) is 3.07. The van der Waals surface area contributed by atoms with E-state index in [1.165, 1.54) is 0 Å². The Balaban J connectivity index is 1.45. The van der Waals surface area contributed by atoms with Crippen molar-refractivity contribution >= 4 is 11.6 Å². The van der Waals surface area contributed by atoms with Crippen molar-refractivity contribution in [1.82, 2.24) is 15.2 Å². The topological polar surface area (TPSA) is 84.4 Å². The standard InChI is InChI=1S/C20H28N4O2/c1-13-4-5-17(21)10-18(13)20(25)22-11-16-6-8-24(9-7-16)12-19-23-14(2)15(3)26-19/h4-5,10,16H,6-9,11-12,21H2,1-3H3,(H,22,25). The molecule has 3 N–H and O–H groups in total. The summed E-state index contributed by atoms with van der Waals surface area (Å²) in [5.74, 6) is 2.16. The fourth-order valence-corrected chi connectivity index (χ4v) is 3.36. The van der Waals surface area contributed by atoms with Gasteiger partial charge in [-0.2, -0.15) is 0 Å². The van der Waals surface area contributed by atoms with Crippen LogP contribution in [0.5, 0.6) is 0 Å². The molecule has 0 spiro atoms. The molecule has 26 heavy (non-hydrogen) atoms. The molecule has 1 saturated heterocycles. The van der Waals surface area contributed by atoms with Crippen molar-refractivity contribution in [1.29, 1.82) is 0 Å². The smallest absolute Gasteiger partial charge is 0.251 e. The molecule has 1 aromatic carbocycles. The number of nitrogen functional groups attached to an aromatic ring is 1. The van der Waals surface area contributed by atoms with E-state index in [-0.39, 0.29) is 5.91 Å². The molecule has 140 valence electrons. The van der Waals surface area contributed by atoms with Crippen LogP contribution in [-0.4, -0.2) is 35.4 Å². The number of nitrogens with two attached hydrogens (primary N) is 1. The van der Waals surface area contributed by atoms with Crippen molar-refractivity contribution < 1.29 is 9.21 Å². The Bertz CT molecular complexity index is 757. The van der Waals surface area contributed by atoms with Gasteiger partial charge >= 0.3 is 0 Å². The van der Waals surface area contributed by atoms with E-state index >= 15 is 0 Å². The predicted octanol–water partition coefficient (Wildman–Crippen LogP) is 2.82. The molecule has 1 aliphatic heterocycles. The van der Waals surface area contributed by atoms with E-state index in [1.807, 2.05) is 32.9 Å². The average molecular weight is 356 g/mol. The first-order chi connectivity index (χ1) is 12.4. The maximum absolute atomic E-state index is 12.4. The molecular weight excluding hydrogens is 328 g/mol. The van der Waals surface area contributed by atoms with Crippen LogP contribution in [0.1, 0.15) is 46.1 Å². The van der Waals surface area contributed by atoms with Crippen LogP contribution in [0.3, 0.4) is 0 Å². The average Bonchev–Trinajstić information content (AvgIpc) is 2.93. The molecule has 6 nitrogen and oxygen atoms in total. The van der Waals surface area contributed by atoms with E-state index in [0.29, 0.717) is 23.7 Å². The van der Waals surface area contributed by atoms with Crippen LogP contribution >= 0.6 is 0 Å². The molecule has 0 saturated carbocycles. The van der Waals surface area contributed by atoms with E-state index in [2.05, 4.69) is 15.2 Å². The number of anilines is 1. The van der Waals surface area contributed by atoms with E-state index in [0.717, 1.165) is 55.4 Å². The van der Waals surface area contributed by atoms with E-state index in [4.69, 9.17) is 10.2 Å². The molecule has 6 heteroatoms. The number of carbonyl (C=O) groups is 1. The maximum atomic E-state index is 12.4. The molecule has 0 radical (unpaired) electrons. The second-order valence-electron chi connectivity index (χ2n) is 7.25. The molecule has 1 aromatic heterocycles. The largest absolute Gasteiger partial charge is 0.444 e. The molecular formula is C20H28N4O2. The van der Waals surface area contributed by atoms with Crippen molar-refractivity contribution in [2.75, 3.05) is 25.4 Å². The Morgan fingerprint density at radius 3 is 2.69 bits per heavy atom. The predicted molar refractivity (Wildman–Crippen MR) is 102 cm³/mol. The normalized spacial score (nSPS) is 16.0. The van der Waals surface area contributed by atoms with Gasteiger partial charge in [0, 0.05) is 17.8 Å². The summed E-state index contributed by atoms with van der Waals surface area (Å²) in [6.07, 6.45) is 2.13. The molecule has 0 bridgehead atoms. The van der Waals surface area contributed by atoms with Crippen LogP contribution in [0.2, 0.25) is 0 Å². The first kappa shape index (κ1) is 18.5. The van der Waals surface area contributed by atoms with Gasteiger partial charge in [-0.25, -0.2) is 4.98 Å². The van der Waals surface area contributed by atoms with Crippen molar-refractivity contribution in [3.8, 4) is 0 Å². The molecule has 1 fully saturated rings. The second kappa shape index (κ2) is 7.91. The lowest BCUT2D eigenvalue weighted by molar-refractivity contribution is 0.0933. The molecule has 2 heterocycles. The summed E-state index contributed by atoms with van der Waals surface area (Å²) in [5.41, 5.74) is 8.99. The zero-order valence-electron chi connectivity index (χ0n) is 15.8. The van der Waals surface area contributed by atoms with Crippen LogP contribution in [0, 0.1) is 26.7 Å². The quantitative estimate of drug-likeness (QED) is 0.805. The summed E-state index contributed by atoms with van der Waals surface area (Å²) < 4.78 is 5.67. The number of rotatable bonds is 5. The molecule has 0 unspecified atom stereocenters. The number of likely N-dealkylation sites (tertiary alicyclic amines) is 1. The minimum atomic E-state index is -0.0389. The zero-order valence-corrected chi connectivity index (χ0v) is 15.8. The Hall–Kier alpha value is -2.34. The highest BCUT2D eigenvalue weighted by atomic mass is 16.4. The van der Waals surface area contributed by atoms with Gasteiger partial charge in [-0.3, -0.25) is 9.69 Å². The van der Waals surface area contributed by atoms with Gasteiger partial charge in [0.1, 0.15) is 5.76 Å². The number of aryl methyl sites for hydroxylation is 3. The third-order valence-corrected chi connectivity index (χ3v) is 5.20. The third kappa shape index (κ3) is 4.43. The van der Waals surface area contributed by atoms with E-state index in [9.17, 15) is 4.79 Å². The maximum Gasteiger partial charge on any atom is 0.251 e. The Labute approximate surface area is 154 Å². The molecule has 0 atom stereocenters. The minimum absolute atomic E-state index is 0.0389. The van der Waals surface area contributed by atoms with Gasteiger partial charge in [0.15, 0.2) is 0 Å². The van der Waals surface area contributed by atoms with E-state index in [1.54, 1.807) is 6.07 Å². The third-order valence-electron chi connectivity index (χ3n) is 5.20. The van der Waals surface area contributed by atoms with Gasteiger partial charge < -0.3 is 15.5 Å². The number of aromatic nitrogens is 1. The van der Waals surface area contributed by atoms with Crippen LogP contribution in [0.15, 0.2) is 22.6 Å². The Morgan fingerprint density at radius 1 is 1.31 bits per heavy atom. The van der Waals surface area contributed by atoms with Gasteiger partial charge in [0.2, 0.25) is 5.89 Å². The first-order valence-electron chi connectivity index (χ1n) is 9.22. The number of amides is 1. The van der Waals surface area contributed by atoms with E-state index < -0.39 is 0 Å². The van der Waals surface area contributed by atoms with Gasteiger partial charge in [0.05, 0.1) is 12.2 Å². The van der Waals surface area contributed by atoms with Gasteiger partial charge in [-0.05, 0) is 70.3 Å². The highest BCUT2D eigenvalue weighted by molar-refractivity contribution is 5.96. The highest BCUT2D eigenvalue weighted by Gasteiger charge is 2.21. The molecule has 0 aliphatic carbocycles. The van der Waals surface area contributed by atoms with Crippen molar-refractivity contribution in [2.45, 2.75) is 40.2 Å². The van der Waals surface area contributed by atoms with Crippen LogP contribution < -0.4 is 11.1 Å². The number of oxazole rings is 1. The number of benzene rings is 1. The van der Waals surface area contributed by atoms with Crippen molar-refractivity contribution in [3.63, 3.8) is 0 Å². The highest BCUT2D eigenvalue weighted by Crippen LogP contribution is 2.20. The lowest BCUT2D eigenvalue weighted by atomic mass is 9.96. The van der Waals surface area contributed by atoms with Crippen LogP contribution in [0.25, 0.3) is 0 Å². The molecule has 3 rings (SSSR count). The number of hydrogen-bond acceptors (Lipinski definition) is 5. The summed E-state index contributed by atoms with van der Waals surface area (Å²) in [7, 11) is 0. The Kier molecular flexibility index (Phi) is 5.61. The van der Waals surface area contributed by atoms with Crippen molar-refractivity contribution in [3.05, 3.63) is 46.7 Å². The number of carbonyl (C=O) groups excluding carboxylic acids is 1. The lowest BCUT2D eigenvalue weighted by Gasteiger charge is -2.31. The first-order valence-corrected chi connectivity index (χ1v) is 9.22. The van der Waals surface area contributed by atoms with Crippen LogP contribution in [-0.2, 0) is 6.54 Å². The summed E-state index contributed by atoms with van der Waals surface area (Å²) in [4.78, 5) is 19.2. The molecule has 1 aliphatic rings. The molecule has 1 amide bonds. The van der Waals surface area contributed by atoms with Gasteiger partial charge in [0.25, 0.3) is 5.91 Å². The number of hydrogen-bond donors (Lipinski definition) is 2. The summed E-state index contributed by atoms with van der Waals surface area (Å²) >= 11 is 0. The van der Waals surface area contributed by atoms with Crippen LogP contribution in [0.4, 0.5) is 5.69 Å². The number of piperidine rings is 1. The summed E-state index contributed by atoms with van der Waals surface area (Å²) in [6, 6.07) is 5.45. The number of nitrogens with one attached hydrogen (secondary N) is 1. The van der Waals surface area contributed by atoms with Crippen molar-refractivity contribution in [2.24, 2.45) is 5.92 Å². The Morgan fingerprint density at radius 2 is 2.04 bits per heavy atom. The molecule has 2 aromatic rings. The van der Waals surface area contributed by atoms with Gasteiger partial charge in [-0.1, -0.05) is 6.07 Å². The van der Waals surface area contributed by atoms with Gasteiger partial charge in [-0.15, -0.1) is 0 Å². The fraction of sp³-hybridized carbons (Fsp3) is 0.500. The monoisotopic (exact) mass is 356 g/mol. The zero-order chi connectivity index (χ0) is 18.7. The lowest BCUT2D eigenvalue weighted by Crippen LogP contribution is -2.38. The summed E-state index contributed by atoms with van der Waals surface area (Å²) in [6.45, 7) is 9.31. The minimum Gasteiger partial charge on any atom is -0.444 e. The SMILES string of the molecule is Cc1ccc(N)cc1C(=O)NCC1CCN(Cc2nc(C)c(C)o2)CC1. The second-order valence-corrected chi connectivity index (χ2v) is 7.25. The fourth-order valence-electron chi connectivity index (χ4n) is 3.36.